The molecule has 1 aliphatic rings. The Labute approximate surface area is 76.3 Å². The molecule has 1 heterocycles. The third-order valence-corrected chi connectivity index (χ3v) is 1.74. The van der Waals surface area contributed by atoms with Gasteiger partial charge in [0.2, 0.25) is 0 Å². The van der Waals surface area contributed by atoms with Crippen LogP contribution in [-0.4, -0.2) is 47.2 Å². The van der Waals surface area contributed by atoms with Gasteiger partial charge in [0.1, 0.15) is 12.2 Å². The van der Waals surface area contributed by atoms with Crippen molar-refractivity contribution in [2.45, 2.75) is 38.3 Å². The number of ether oxygens (including phenoxy) is 2. The SMILES string of the molecule is CC(C)OC(=O)C1OCC(O)[C@@H]1O. The van der Waals surface area contributed by atoms with Gasteiger partial charge >= 0.3 is 5.97 Å². The molecule has 0 spiro atoms. The van der Waals surface area contributed by atoms with Crippen molar-refractivity contribution in [3.05, 3.63) is 0 Å². The van der Waals surface area contributed by atoms with Gasteiger partial charge in [-0.25, -0.2) is 4.79 Å². The monoisotopic (exact) mass is 190 g/mol. The van der Waals surface area contributed by atoms with Gasteiger partial charge in [0, 0.05) is 0 Å². The molecule has 5 nitrogen and oxygen atoms in total. The molecule has 0 aromatic rings. The number of esters is 1. The van der Waals surface area contributed by atoms with Gasteiger partial charge < -0.3 is 19.7 Å². The molecule has 13 heavy (non-hydrogen) atoms. The predicted molar refractivity (Wildman–Crippen MR) is 43.0 cm³/mol. The van der Waals surface area contributed by atoms with E-state index >= 15 is 0 Å². The average molecular weight is 190 g/mol. The topological polar surface area (TPSA) is 76.0 Å². The molecule has 3 atom stereocenters. The van der Waals surface area contributed by atoms with Gasteiger partial charge in [-0.15, -0.1) is 0 Å². The van der Waals surface area contributed by atoms with Gasteiger partial charge in [-0.2, -0.15) is 0 Å². The Morgan fingerprint density at radius 2 is 2.15 bits per heavy atom. The average Bonchev–Trinajstić information content (AvgIpc) is 2.31. The molecule has 2 N–H and O–H groups in total. The third kappa shape index (κ3) is 2.40. The number of hydrogen-bond donors (Lipinski definition) is 2. The quantitative estimate of drug-likeness (QED) is 0.549. The lowest BCUT2D eigenvalue weighted by Gasteiger charge is -2.15. The largest absolute Gasteiger partial charge is 0.461 e. The zero-order valence-corrected chi connectivity index (χ0v) is 7.64. The predicted octanol–water partition coefficient (Wildman–Crippen LogP) is -0.941. The Morgan fingerprint density at radius 3 is 2.54 bits per heavy atom. The zero-order valence-electron chi connectivity index (χ0n) is 7.64. The maximum Gasteiger partial charge on any atom is 0.338 e. The Balaban J connectivity index is 2.48. The van der Waals surface area contributed by atoms with Crippen molar-refractivity contribution in [2.75, 3.05) is 6.61 Å². The van der Waals surface area contributed by atoms with E-state index in [0.29, 0.717) is 0 Å². The zero-order chi connectivity index (χ0) is 10.0. The highest BCUT2D eigenvalue weighted by Crippen LogP contribution is 2.15. The number of aliphatic hydroxyl groups is 2. The van der Waals surface area contributed by atoms with E-state index in [0.717, 1.165) is 0 Å². The first kappa shape index (κ1) is 10.4. The second-order valence-corrected chi connectivity index (χ2v) is 3.30. The van der Waals surface area contributed by atoms with Gasteiger partial charge in [-0.05, 0) is 13.8 Å². The van der Waals surface area contributed by atoms with Crippen molar-refractivity contribution in [3.63, 3.8) is 0 Å². The molecular weight excluding hydrogens is 176 g/mol. The van der Waals surface area contributed by atoms with E-state index in [9.17, 15) is 9.90 Å². The van der Waals surface area contributed by atoms with Crippen LogP contribution in [0.1, 0.15) is 13.8 Å². The van der Waals surface area contributed by atoms with E-state index in [2.05, 4.69) is 0 Å². The Morgan fingerprint density at radius 1 is 1.54 bits per heavy atom. The Kier molecular flexibility index (Phi) is 3.24. The van der Waals surface area contributed by atoms with Crippen LogP contribution in [0.25, 0.3) is 0 Å². The van der Waals surface area contributed by atoms with Crippen LogP contribution in [0.5, 0.6) is 0 Å². The molecule has 1 saturated heterocycles. The molecule has 1 aliphatic heterocycles. The van der Waals surface area contributed by atoms with E-state index in [1.54, 1.807) is 13.8 Å². The second-order valence-electron chi connectivity index (χ2n) is 3.30. The molecule has 0 aromatic heterocycles. The van der Waals surface area contributed by atoms with Crippen LogP contribution >= 0.6 is 0 Å². The number of hydrogen-bond acceptors (Lipinski definition) is 5. The fourth-order valence-electron chi connectivity index (χ4n) is 1.11. The van der Waals surface area contributed by atoms with Crippen LogP contribution < -0.4 is 0 Å². The highest BCUT2D eigenvalue weighted by Gasteiger charge is 2.40. The summed E-state index contributed by atoms with van der Waals surface area (Å²) in [5, 5.41) is 18.3. The summed E-state index contributed by atoms with van der Waals surface area (Å²) in [6.45, 7) is 3.38. The van der Waals surface area contributed by atoms with Crippen molar-refractivity contribution >= 4 is 5.97 Å². The maximum atomic E-state index is 11.2. The number of carbonyl (C=O) groups is 1. The summed E-state index contributed by atoms with van der Waals surface area (Å²) in [6.07, 6.45) is -3.46. The number of rotatable bonds is 2. The molecule has 0 amide bonds. The summed E-state index contributed by atoms with van der Waals surface area (Å²) in [5.41, 5.74) is 0. The molecule has 0 aromatic carbocycles. The van der Waals surface area contributed by atoms with Crippen molar-refractivity contribution in [2.24, 2.45) is 0 Å². The van der Waals surface area contributed by atoms with E-state index in [1.165, 1.54) is 0 Å². The molecule has 0 bridgehead atoms. The highest BCUT2D eigenvalue weighted by molar-refractivity contribution is 5.76. The summed E-state index contributed by atoms with van der Waals surface area (Å²) >= 11 is 0. The van der Waals surface area contributed by atoms with Crippen LogP contribution in [-0.2, 0) is 14.3 Å². The summed E-state index contributed by atoms with van der Waals surface area (Å²) < 4.78 is 9.68. The fourth-order valence-corrected chi connectivity index (χ4v) is 1.11. The lowest BCUT2D eigenvalue weighted by Crippen LogP contribution is -2.37. The summed E-state index contributed by atoms with van der Waals surface area (Å²) in [7, 11) is 0. The van der Waals surface area contributed by atoms with Gasteiger partial charge in [-0.3, -0.25) is 0 Å². The van der Waals surface area contributed by atoms with Crippen LogP contribution in [0.3, 0.4) is 0 Å². The molecule has 1 fully saturated rings. The van der Waals surface area contributed by atoms with Crippen molar-refractivity contribution in [1.29, 1.82) is 0 Å². The molecule has 2 unspecified atom stereocenters. The van der Waals surface area contributed by atoms with Gasteiger partial charge in [0.25, 0.3) is 0 Å². The standard InChI is InChI=1S/C8H14O5/c1-4(2)13-8(11)7-6(10)5(9)3-12-7/h4-7,9-10H,3H2,1-2H3/t5?,6-,7?/m0/s1. The summed E-state index contributed by atoms with van der Waals surface area (Å²) in [4.78, 5) is 11.2. The summed E-state index contributed by atoms with van der Waals surface area (Å²) in [5.74, 6) is -0.626. The van der Waals surface area contributed by atoms with Crippen LogP contribution in [0.2, 0.25) is 0 Å². The first-order valence-corrected chi connectivity index (χ1v) is 4.20. The van der Waals surface area contributed by atoms with Crippen LogP contribution in [0, 0.1) is 0 Å². The molecule has 0 saturated carbocycles. The van der Waals surface area contributed by atoms with Gasteiger partial charge in [0.05, 0.1) is 12.7 Å². The Hall–Kier alpha value is -0.650. The van der Waals surface area contributed by atoms with E-state index in [4.69, 9.17) is 14.6 Å². The smallest absolute Gasteiger partial charge is 0.338 e. The third-order valence-electron chi connectivity index (χ3n) is 1.74. The van der Waals surface area contributed by atoms with Crippen molar-refractivity contribution in [1.82, 2.24) is 0 Å². The van der Waals surface area contributed by atoms with E-state index in [-0.39, 0.29) is 12.7 Å². The first-order chi connectivity index (χ1) is 6.02. The van der Waals surface area contributed by atoms with Crippen LogP contribution in [0.15, 0.2) is 0 Å². The minimum Gasteiger partial charge on any atom is -0.461 e. The molecule has 5 heteroatoms. The van der Waals surface area contributed by atoms with Crippen molar-refractivity contribution < 1.29 is 24.5 Å². The fraction of sp³-hybridized carbons (Fsp3) is 0.875. The minimum absolute atomic E-state index is 0.0287. The summed E-state index contributed by atoms with van der Waals surface area (Å²) in [6, 6.07) is 0. The van der Waals surface area contributed by atoms with E-state index < -0.39 is 24.3 Å². The minimum atomic E-state index is -1.17. The maximum absolute atomic E-state index is 11.2. The molecule has 0 radical (unpaired) electrons. The molecule has 1 rings (SSSR count). The Bertz CT molecular complexity index is 191. The lowest BCUT2D eigenvalue weighted by atomic mass is 10.1. The molecule has 76 valence electrons. The molecular formula is C8H14O5. The number of aliphatic hydroxyl groups excluding tert-OH is 2. The second kappa shape index (κ2) is 4.04. The van der Waals surface area contributed by atoms with E-state index in [1.807, 2.05) is 0 Å². The lowest BCUT2D eigenvalue weighted by molar-refractivity contribution is -0.162. The normalized spacial score (nSPS) is 33.8. The van der Waals surface area contributed by atoms with Crippen LogP contribution in [0.4, 0.5) is 0 Å². The van der Waals surface area contributed by atoms with Gasteiger partial charge in [-0.1, -0.05) is 0 Å². The van der Waals surface area contributed by atoms with Gasteiger partial charge in [0.15, 0.2) is 6.10 Å². The number of carbonyl (C=O) groups excluding carboxylic acids is 1. The first-order valence-electron chi connectivity index (χ1n) is 4.20. The van der Waals surface area contributed by atoms with Crippen molar-refractivity contribution in [3.8, 4) is 0 Å². The molecule has 0 aliphatic carbocycles. The highest BCUT2D eigenvalue weighted by atomic mass is 16.6.